The fraction of sp³-hybridized carbons (Fsp3) is 0.300. The van der Waals surface area contributed by atoms with Crippen LogP contribution in [0, 0.1) is 0 Å². The van der Waals surface area contributed by atoms with Crippen molar-refractivity contribution in [3.8, 4) is 0 Å². The molecule has 0 aromatic heterocycles. The van der Waals surface area contributed by atoms with Gasteiger partial charge in [0.15, 0.2) is 6.04 Å². The Bertz CT molecular complexity index is 1080. The topological polar surface area (TPSA) is 92.5 Å². The molecule has 0 fully saturated rings. The first-order valence-electron chi connectivity index (χ1n) is 12.6. The maximum Gasteiger partial charge on any atom is 0.254 e. The Labute approximate surface area is 224 Å². The van der Waals surface area contributed by atoms with E-state index in [1.54, 1.807) is 4.90 Å². The summed E-state index contributed by atoms with van der Waals surface area (Å²) in [7, 11) is 0. The zero-order chi connectivity index (χ0) is 26.5. The predicted octanol–water partition coefficient (Wildman–Crippen LogP) is 3.59. The molecule has 0 saturated heterocycles. The molecule has 0 spiro atoms. The second kappa shape index (κ2) is 14.9. The van der Waals surface area contributed by atoms with Gasteiger partial charge in [0.2, 0.25) is 11.8 Å². The summed E-state index contributed by atoms with van der Waals surface area (Å²) in [4.78, 5) is 40.2. The number of amides is 3. The Morgan fingerprint density at radius 1 is 0.730 bits per heavy atom. The highest BCUT2D eigenvalue weighted by molar-refractivity contribution is 7.81. The number of nitrogens with zero attached hydrogens (tertiary/aromatic N) is 1. The first-order chi connectivity index (χ1) is 17.9. The molecule has 0 aliphatic heterocycles. The number of hydrogen-bond donors (Lipinski definition) is 3. The maximum absolute atomic E-state index is 13.5. The molecule has 0 bridgehead atoms. The molecule has 37 heavy (non-hydrogen) atoms. The average molecular weight is 518 g/mol. The van der Waals surface area contributed by atoms with Gasteiger partial charge in [-0.2, -0.15) is 12.6 Å². The van der Waals surface area contributed by atoms with Gasteiger partial charge in [0.05, 0.1) is 5.25 Å². The van der Waals surface area contributed by atoms with E-state index >= 15 is 0 Å². The quantitative estimate of drug-likeness (QED) is 0.225. The molecule has 0 aliphatic carbocycles. The molecule has 0 saturated carbocycles. The zero-order valence-electron chi connectivity index (χ0n) is 21.0. The molecule has 0 aliphatic rings. The number of nitrogens with two attached hydrogens (primary N) is 1. The van der Waals surface area contributed by atoms with Crippen LogP contribution in [0.2, 0.25) is 0 Å². The number of nitrogens with one attached hydrogen (secondary N) is 1. The van der Waals surface area contributed by atoms with Crippen molar-refractivity contribution in [3.63, 3.8) is 0 Å². The van der Waals surface area contributed by atoms with Crippen LogP contribution in [0.1, 0.15) is 29.5 Å². The summed E-state index contributed by atoms with van der Waals surface area (Å²) >= 11 is 4.40. The summed E-state index contributed by atoms with van der Waals surface area (Å²) in [5.41, 5.74) is 8.88. The fourth-order valence-electron chi connectivity index (χ4n) is 4.18. The van der Waals surface area contributed by atoms with Crippen molar-refractivity contribution >= 4 is 30.4 Å². The number of carbonyl (C=O) groups is 3. The van der Waals surface area contributed by atoms with Crippen molar-refractivity contribution in [2.75, 3.05) is 13.1 Å². The zero-order valence-corrected chi connectivity index (χ0v) is 21.9. The molecule has 0 radical (unpaired) electrons. The van der Waals surface area contributed by atoms with Crippen LogP contribution < -0.4 is 11.1 Å². The molecule has 3 N–H and O–H groups in total. The van der Waals surface area contributed by atoms with Crippen LogP contribution in [0.5, 0.6) is 0 Å². The largest absolute Gasteiger partial charge is 0.367 e. The second-order valence-corrected chi connectivity index (χ2v) is 9.68. The maximum atomic E-state index is 13.5. The Kier molecular flexibility index (Phi) is 11.2. The van der Waals surface area contributed by atoms with Gasteiger partial charge in [0.25, 0.3) is 5.91 Å². The normalized spacial score (nSPS) is 12.4. The van der Waals surface area contributed by atoms with Crippen LogP contribution in [0.3, 0.4) is 0 Å². The number of carbonyl (C=O) groups excluding carboxylic acids is 3. The second-order valence-electron chi connectivity index (χ2n) is 9.05. The molecule has 3 amide bonds. The Morgan fingerprint density at radius 3 is 1.59 bits per heavy atom. The Morgan fingerprint density at radius 2 is 1.16 bits per heavy atom. The first kappa shape index (κ1) is 28.0. The monoisotopic (exact) mass is 517 g/mol. The lowest BCUT2D eigenvalue weighted by Gasteiger charge is -2.27. The predicted molar refractivity (Wildman–Crippen MR) is 150 cm³/mol. The van der Waals surface area contributed by atoms with Gasteiger partial charge >= 0.3 is 0 Å². The lowest BCUT2D eigenvalue weighted by Crippen LogP contribution is -2.56. The van der Waals surface area contributed by atoms with Gasteiger partial charge in [-0.15, -0.1) is 0 Å². The number of hydrogen-bond acceptors (Lipinski definition) is 4. The highest BCUT2D eigenvalue weighted by Crippen LogP contribution is 2.11. The minimum absolute atomic E-state index is 0.368. The van der Waals surface area contributed by atoms with Gasteiger partial charge in [0, 0.05) is 13.1 Å². The molecular formula is C30H35N3O3S. The third-order valence-corrected chi connectivity index (χ3v) is 6.59. The SMILES string of the molecule is NC(=O)C(NC(=O)[C@@H](S)Cc1ccccc1)C(=O)N(CCCc1ccccc1)CCCc1ccccc1. The smallest absolute Gasteiger partial charge is 0.254 e. The number of rotatable bonds is 14. The van der Waals surface area contributed by atoms with E-state index in [1.807, 2.05) is 91.0 Å². The molecule has 1 unspecified atom stereocenters. The van der Waals surface area contributed by atoms with Gasteiger partial charge in [-0.1, -0.05) is 91.0 Å². The van der Waals surface area contributed by atoms with Crippen molar-refractivity contribution in [3.05, 3.63) is 108 Å². The number of aryl methyl sites for hydroxylation is 2. The summed E-state index contributed by atoms with van der Waals surface area (Å²) < 4.78 is 0. The third kappa shape index (κ3) is 9.42. The molecule has 7 heteroatoms. The molecule has 0 heterocycles. The van der Waals surface area contributed by atoms with Crippen LogP contribution in [0.4, 0.5) is 0 Å². The molecule has 2 atom stereocenters. The van der Waals surface area contributed by atoms with Gasteiger partial charge in [-0.3, -0.25) is 14.4 Å². The minimum Gasteiger partial charge on any atom is -0.367 e. The first-order valence-corrected chi connectivity index (χ1v) is 13.1. The van der Waals surface area contributed by atoms with E-state index in [0.717, 1.165) is 31.2 Å². The van der Waals surface area contributed by atoms with Crippen molar-refractivity contribution in [1.82, 2.24) is 10.2 Å². The highest BCUT2D eigenvalue weighted by Gasteiger charge is 2.32. The van der Waals surface area contributed by atoms with Crippen LogP contribution in [-0.4, -0.2) is 47.0 Å². The van der Waals surface area contributed by atoms with E-state index in [9.17, 15) is 14.4 Å². The van der Waals surface area contributed by atoms with Gasteiger partial charge in [-0.25, -0.2) is 0 Å². The van der Waals surface area contributed by atoms with Crippen molar-refractivity contribution in [2.24, 2.45) is 5.73 Å². The van der Waals surface area contributed by atoms with E-state index in [2.05, 4.69) is 17.9 Å². The van der Waals surface area contributed by atoms with Crippen molar-refractivity contribution in [2.45, 2.75) is 43.4 Å². The van der Waals surface area contributed by atoms with E-state index in [1.165, 1.54) is 11.1 Å². The molecule has 3 rings (SSSR count). The van der Waals surface area contributed by atoms with Gasteiger partial charge < -0.3 is 16.0 Å². The molecule has 3 aromatic carbocycles. The summed E-state index contributed by atoms with van der Waals surface area (Å²) in [5, 5.41) is 1.83. The lowest BCUT2D eigenvalue weighted by atomic mass is 10.1. The fourth-order valence-corrected chi connectivity index (χ4v) is 4.46. The minimum atomic E-state index is -1.44. The van der Waals surface area contributed by atoms with Crippen LogP contribution >= 0.6 is 12.6 Å². The summed E-state index contributed by atoms with van der Waals surface area (Å²) in [6.07, 6.45) is 3.42. The van der Waals surface area contributed by atoms with E-state index in [-0.39, 0.29) is 0 Å². The van der Waals surface area contributed by atoms with E-state index < -0.39 is 29.0 Å². The number of thiol groups is 1. The number of primary amides is 1. The Balaban J connectivity index is 1.64. The number of benzene rings is 3. The van der Waals surface area contributed by atoms with Gasteiger partial charge in [0.1, 0.15) is 0 Å². The van der Waals surface area contributed by atoms with Crippen LogP contribution in [-0.2, 0) is 33.6 Å². The molecule has 6 nitrogen and oxygen atoms in total. The lowest BCUT2D eigenvalue weighted by molar-refractivity contribution is -0.141. The molecule has 3 aromatic rings. The van der Waals surface area contributed by atoms with E-state index in [0.29, 0.717) is 19.5 Å². The standard InChI is InChI=1S/C30H35N3O3S/c31-28(34)27(32-29(35)26(37)22-25-16-8-3-9-17-25)30(36)33(20-10-18-23-12-4-1-5-13-23)21-11-19-24-14-6-2-7-15-24/h1-9,12-17,26-27,37H,10-11,18-22H2,(H2,31,34)(H,32,35)/t26-,27?/m0/s1. The van der Waals surface area contributed by atoms with Gasteiger partial charge in [-0.05, 0) is 48.8 Å². The summed E-state index contributed by atoms with van der Waals surface area (Å²) in [5.74, 6) is -1.87. The summed E-state index contributed by atoms with van der Waals surface area (Å²) in [6, 6.07) is 28.1. The molecular weight excluding hydrogens is 482 g/mol. The van der Waals surface area contributed by atoms with Crippen molar-refractivity contribution in [1.29, 1.82) is 0 Å². The van der Waals surface area contributed by atoms with Crippen LogP contribution in [0.25, 0.3) is 0 Å². The summed E-state index contributed by atoms with van der Waals surface area (Å²) in [6.45, 7) is 0.910. The highest BCUT2D eigenvalue weighted by atomic mass is 32.1. The van der Waals surface area contributed by atoms with Crippen molar-refractivity contribution < 1.29 is 14.4 Å². The Hall–Kier alpha value is -3.58. The molecule has 194 valence electrons. The van der Waals surface area contributed by atoms with E-state index in [4.69, 9.17) is 5.73 Å². The third-order valence-electron chi connectivity index (χ3n) is 6.18. The average Bonchev–Trinajstić information content (AvgIpc) is 2.92. The van der Waals surface area contributed by atoms with Crippen LogP contribution in [0.15, 0.2) is 91.0 Å².